The molecule has 1 aliphatic heterocycles. The maximum absolute atomic E-state index is 12.5. The number of H-pyrrole nitrogens is 1. The second-order valence-corrected chi connectivity index (χ2v) is 7.40. The van der Waals surface area contributed by atoms with Crippen LogP contribution < -0.4 is 10.5 Å². The van der Waals surface area contributed by atoms with Crippen molar-refractivity contribution in [3.8, 4) is 0 Å². The number of rotatable bonds is 3. The fourth-order valence-corrected chi connectivity index (χ4v) is 3.51. The molecular weight excluding hydrogens is 342 g/mol. The third kappa shape index (κ3) is 2.88. The number of aromatic nitrogens is 2. The minimum Gasteiger partial charge on any atom is -0.307 e. The van der Waals surface area contributed by atoms with E-state index in [0.717, 1.165) is 15.1 Å². The van der Waals surface area contributed by atoms with Gasteiger partial charge in [0.05, 0.1) is 12.2 Å². The first-order chi connectivity index (χ1) is 11.9. The van der Waals surface area contributed by atoms with E-state index in [2.05, 4.69) is 15.5 Å². The molecule has 0 bridgehead atoms. The van der Waals surface area contributed by atoms with Crippen molar-refractivity contribution in [3.63, 3.8) is 0 Å². The number of hydrogen-bond acceptors (Lipinski definition) is 4. The molecule has 128 valence electrons. The van der Waals surface area contributed by atoms with E-state index in [1.54, 1.807) is 12.1 Å². The molecule has 0 spiro atoms. The van der Waals surface area contributed by atoms with Crippen LogP contribution in [-0.4, -0.2) is 28.8 Å². The lowest BCUT2D eigenvalue weighted by atomic mass is 10.1. The van der Waals surface area contributed by atoms with Crippen LogP contribution in [0.15, 0.2) is 42.5 Å². The molecule has 3 aromatic rings. The smallest absolute Gasteiger partial charge is 0.277 e. The number of hydrogen-bond donors (Lipinski definition) is 3. The highest BCUT2D eigenvalue weighted by atomic mass is 32.2. The molecule has 0 atom stereocenters. The van der Waals surface area contributed by atoms with Crippen molar-refractivity contribution in [2.24, 2.45) is 5.14 Å². The number of nitrogens with zero attached hydrogens (tertiary/aromatic N) is 2. The Hall–Kier alpha value is -2.75. The molecule has 25 heavy (non-hydrogen) atoms. The molecule has 4 rings (SSSR count). The van der Waals surface area contributed by atoms with Gasteiger partial charge in [-0.3, -0.25) is 9.89 Å². The molecule has 0 unspecified atom stereocenters. The molecule has 0 fully saturated rings. The fraction of sp³-hybridized carbons (Fsp3) is 0.125. The van der Waals surface area contributed by atoms with Gasteiger partial charge in [-0.25, -0.2) is 5.14 Å². The number of carbonyl (C=O) groups excluding carboxylic acids is 1. The Balaban J connectivity index is 1.58. The second kappa shape index (κ2) is 5.66. The molecular formula is C16H15N5O3S. The van der Waals surface area contributed by atoms with Crippen molar-refractivity contribution in [3.05, 3.63) is 59.3 Å². The summed E-state index contributed by atoms with van der Waals surface area (Å²) in [5.41, 5.74) is 1.69. The van der Waals surface area contributed by atoms with Gasteiger partial charge in [0.15, 0.2) is 0 Å². The van der Waals surface area contributed by atoms with Crippen molar-refractivity contribution in [1.29, 1.82) is 0 Å². The fourth-order valence-electron chi connectivity index (χ4n) is 2.90. The van der Waals surface area contributed by atoms with Gasteiger partial charge in [0.25, 0.3) is 16.1 Å². The highest BCUT2D eigenvalue weighted by Gasteiger charge is 2.31. The summed E-state index contributed by atoms with van der Waals surface area (Å²) in [6.07, 6.45) is 0. The standard InChI is InChI=1S/C16H15N5O3S/c17-25(23,24)21-8-13-14(9-21)19-20-15(13)18-16(22)12-6-5-10-3-1-2-4-11(10)7-12/h1-7H,8-9H2,(H2,17,23,24)(H2,18,19,20,22). The number of anilines is 1. The predicted molar refractivity (Wildman–Crippen MR) is 92.8 cm³/mol. The summed E-state index contributed by atoms with van der Waals surface area (Å²) in [4.78, 5) is 12.5. The van der Waals surface area contributed by atoms with Gasteiger partial charge in [0, 0.05) is 17.7 Å². The molecule has 2 heterocycles. The van der Waals surface area contributed by atoms with Crippen LogP contribution in [0.3, 0.4) is 0 Å². The van der Waals surface area contributed by atoms with Crippen LogP contribution in [0.5, 0.6) is 0 Å². The Kier molecular flexibility index (Phi) is 3.57. The summed E-state index contributed by atoms with van der Waals surface area (Å²) in [6.45, 7) is 0.175. The van der Waals surface area contributed by atoms with Crippen molar-refractivity contribution in [2.45, 2.75) is 13.1 Å². The zero-order chi connectivity index (χ0) is 17.6. The summed E-state index contributed by atoms with van der Waals surface area (Å²) in [6, 6.07) is 13.2. The van der Waals surface area contributed by atoms with E-state index in [1.165, 1.54) is 0 Å². The Bertz CT molecular complexity index is 1090. The quantitative estimate of drug-likeness (QED) is 0.655. The van der Waals surface area contributed by atoms with Crippen molar-refractivity contribution in [2.75, 3.05) is 5.32 Å². The molecule has 9 heteroatoms. The summed E-state index contributed by atoms with van der Waals surface area (Å²) >= 11 is 0. The van der Waals surface area contributed by atoms with Gasteiger partial charge in [-0.2, -0.15) is 17.8 Å². The van der Waals surface area contributed by atoms with E-state index in [0.29, 0.717) is 22.6 Å². The summed E-state index contributed by atoms with van der Waals surface area (Å²) in [5.74, 6) is 0.0885. The average molecular weight is 357 g/mol. The number of nitrogens with two attached hydrogens (primary N) is 1. The first-order valence-corrected chi connectivity index (χ1v) is 9.06. The van der Waals surface area contributed by atoms with Crippen molar-refractivity contribution < 1.29 is 13.2 Å². The van der Waals surface area contributed by atoms with E-state index in [1.807, 2.05) is 30.3 Å². The van der Waals surface area contributed by atoms with Crippen LogP contribution in [0.25, 0.3) is 10.8 Å². The number of nitrogens with one attached hydrogen (secondary N) is 2. The van der Waals surface area contributed by atoms with Crippen LogP contribution in [0.4, 0.5) is 5.82 Å². The van der Waals surface area contributed by atoms with Crippen molar-refractivity contribution >= 4 is 32.7 Å². The van der Waals surface area contributed by atoms with Gasteiger partial charge < -0.3 is 5.32 Å². The summed E-state index contributed by atoms with van der Waals surface area (Å²) in [5, 5.41) is 16.7. The summed E-state index contributed by atoms with van der Waals surface area (Å²) in [7, 11) is -3.80. The zero-order valence-corrected chi connectivity index (χ0v) is 13.9. The average Bonchev–Trinajstić information content (AvgIpc) is 3.16. The van der Waals surface area contributed by atoms with Gasteiger partial charge in [-0.05, 0) is 22.9 Å². The maximum Gasteiger partial charge on any atom is 0.277 e. The molecule has 0 saturated carbocycles. The number of amides is 1. The molecule has 2 aromatic carbocycles. The first kappa shape index (κ1) is 15.8. The van der Waals surface area contributed by atoms with Gasteiger partial charge in [0.1, 0.15) is 5.82 Å². The van der Waals surface area contributed by atoms with E-state index in [9.17, 15) is 13.2 Å². The lowest BCUT2D eigenvalue weighted by Gasteiger charge is -2.11. The lowest BCUT2D eigenvalue weighted by molar-refractivity contribution is 0.102. The second-order valence-electron chi connectivity index (χ2n) is 5.85. The normalized spacial score (nSPS) is 14.6. The SMILES string of the molecule is NS(=O)(=O)N1Cc2n[nH]c(NC(=O)c3ccc4ccccc4c3)c2C1. The highest BCUT2D eigenvalue weighted by molar-refractivity contribution is 7.86. The van der Waals surface area contributed by atoms with Crippen LogP contribution in [0, 0.1) is 0 Å². The van der Waals surface area contributed by atoms with Gasteiger partial charge in [-0.15, -0.1) is 0 Å². The minimum absolute atomic E-state index is 0.0813. The Morgan fingerprint density at radius 3 is 2.68 bits per heavy atom. The monoisotopic (exact) mass is 357 g/mol. The maximum atomic E-state index is 12.5. The molecule has 0 saturated heterocycles. The van der Waals surface area contributed by atoms with E-state index < -0.39 is 10.2 Å². The van der Waals surface area contributed by atoms with Gasteiger partial charge in [-0.1, -0.05) is 30.3 Å². The van der Waals surface area contributed by atoms with Crippen molar-refractivity contribution in [1.82, 2.24) is 14.5 Å². The summed E-state index contributed by atoms with van der Waals surface area (Å²) < 4.78 is 24.0. The molecule has 0 radical (unpaired) electrons. The van der Waals surface area contributed by atoms with Crippen LogP contribution in [0.1, 0.15) is 21.6 Å². The lowest BCUT2D eigenvalue weighted by Crippen LogP contribution is -2.32. The third-order valence-corrected chi connectivity index (χ3v) is 5.20. The van der Waals surface area contributed by atoms with Gasteiger partial charge >= 0.3 is 0 Å². The first-order valence-electron chi connectivity index (χ1n) is 7.56. The number of benzene rings is 2. The minimum atomic E-state index is -3.80. The molecule has 0 aliphatic carbocycles. The molecule has 8 nitrogen and oxygen atoms in total. The Labute approximate surface area is 143 Å². The number of carbonyl (C=O) groups is 1. The van der Waals surface area contributed by atoms with E-state index >= 15 is 0 Å². The molecule has 1 amide bonds. The highest BCUT2D eigenvalue weighted by Crippen LogP contribution is 2.28. The van der Waals surface area contributed by atoms with E-state index in [-0.39, 0.29) is 19.0 Å². The third-order valence-electron chi connectivity index (χ3n) is 4.22. The number of fused-ring (bicyclic) bond motifs is 2. The van der Waals surface area contributed by atoms with Crippen LogP contribution in [-0.2, 0) is 23.3 Å². The largest absolute Gasteiger partial charge is 0.307 e. The number of aromatic amines is 1. The van der Waals surface area contributed by atoms with Gasteiger partial charge in [0.2, 0.25) is 0 Å². The Morgan fingerprint density at radius 1 is 1.16 bits per heavy atom. The zero-order valence-electron chi connectivity index (χ0n) is 13.1. The Morgan fingerprint density at radius 2 is 1.92 bits per heavy atom. The van der Waals surface area contributed by atoms with Crippen LogP contribution >= 0.6 is 0 Å². The van der Waals surface area contributed by atoms with Crippen LogP contribution in [0.2, 0.25) is 0 Å². The predicted octanol–water partition coefficient (Wildman–Crippen LogP) is 1.33. The molecule has 1 aliphatic rings. The molecule has 1 aromatic heterocycles. The molecule has 4 N–H and O–H groups in total. The van der Waals surface area contributed by atoms with E-state index in [4.69, 9.17) is 5.14 Å². The topological polar surface area (TPSA) is 121 Å².